The molecule has 2 aromatic carbocycles. The lowest BCUT2D eigenvalue weighted by molar-refractivity contribution is 0.0793. The molecule has 0 aromatic heterocycles. The highest BCUT2D eigenvalue weighted by molar-refractivity contribution is 6.31. The second-order valence-electron chi connectivity index (χ2n) is 6.32. The molecule has 1 saturated heterocycles. The topological polar surface area (TPSA) is 32.3 Å². The molecule has 1 aliphatic heterocycles. The number of hydrogen-bond acceptors (Lipinski definition) is 2. The third kappa shape index (κ3) is 3.97. The molecule has 3 rings (SSSR count). The maximum absolute atomic E-state index is 12.3. The number of halogens is 1. The van der Waals surface area contributed by atoms with E-state index in [-0.39, 0.29) is 11.9 Å². The van der Waals surface area contributed by atoms with Gasteiger partial charge in [-0.3, -0.25) is 4.79 Å². The highest BCUT2D eigenvalue weighted by atomic mass is 35.5. The van der Waals surface area contributed by atoms with Gasteiger partial charge in [0.2, 0.25) is 0 Å². The molecule has 2 aromatic rings. The zero-order valence-electron chi connectivity index (χ0n) is 14.0. The van der Waals surface area contributed by atoms with Crippen LogP contribution < -0.4 is 5.32 Å². The van der Waals surface area contributed by atoms with Crippen molar-refractivity contribution in [3.8, 4) is 0 Å². The van der Waals surface area contributed by atoms with Crippen LogP contribution in [0.4, 0.5) is 0 Å². The van der Waals surface area contributed by atoms with Crippen molar-refractivity contribution in [1.82, 2.24) is 10.2 Å². The van der Waals surface area contributed by atoms with E-state index in [1.807, 2.05) is 53.4 Å². The number of nitrogens with one attached hydrogen (secondary N) is 1. The minimum atomic E-state index is 0.149. The van der Waals surface area contributed by atoms with Crippen molar-refractivity contribution in [3.63, 3.8) is 0 Å². The Morgan fingerprint density at radius 1 is 1.12 bits per heavy atom. The first-order valence-electron chi connectivity index (χ1n) is 8.51. The van der Waals surface area contributed by atoms with Crippen molar-refractivity contribution in [2.75, 3.05) is 13.1 Å². The van der Waals surface area contributed by atoms with E-state index in [9.17, 15) is 4.79 Å². The van der Waals surface area contributed by atoms with Crippen LogP contribution in [-0.2, 0) is 6.54 Å². The Kier molecular flexibility index (Phi) is 5.54. The average Bonchev–Trinajstić information content (AvgIpc) is 3.14. The fourth-order valence-corrected chi connectivity index (χ4v) is 3.37. The maximum atomic E-state index is 12.3. The molecule has 0 unspecified atom stereocenters. The molecule has 1 heterocycles. The van der Waals surface area contributed by atoms with Gasteiger partial charge in [-0.2, -0.15) is 0 Å². The largest absolute Gasteiger partial charge is 0.339 e. The first kappa shape index (κ1) is 17.0. The Labute approximate surface area is 148 Å². The van der Waals surface area contributed by atoms with Crippen LogP contribution in [-0.4, -0.2) is 23.9 Å². The number of carbonyl (C=O) groups excluding carboxylic acids is 1. The van der Waals surface area contributed by atoms with Crippen molar-refractivity contribution in [2.24, 2.45) is 0 Å². The molecule has 126 valence electrons. The van der Waals surface area contributed by atoms with E-state index in [4.69, 9.17) is 11.6 Å². The molecule has 1 N–H and O–H groups in total. The highest BCUT2D eigenvalue weighted by Crippen LogP contribution is 2.22. The number of carbonyl (C=O) groups is 1. The number of benzene rings is 2. The quantitative estimate of drug-likeness (QED) is 0.872. The fourth-order valence-electron chi connectivity index (χ4n) is 3.08. The molecular formula is C20H23ClN2O. The van der Waals surface area contributed by atoms with E-state index >= 15 is 0 Å². The molecule has 0 bridgehead atoms. The summed E-state index contributed by atoms with van der Waals surface area (Å²) in [5, 5.41) is 4.26. The van der Waals surface area contributed by atoms with Crippen LogP contribution in [0.1, 0.15) is 47.3 Å². The van der Waals surface area contributed by atoms with Crippen LogP contribution in [0.3, 0.4) is 0 Å². The molecule has 0 radical (unpaired) electrons. The summed E-state index contributed by atoms with van der Waals surface area (Å²) in [6.45, 7) is 4.62. The Balaban J connectivity index is 1.58. The Morgan fingerprint density at radius 2 is 1.79 bits per heavy atom. The number of likely N-dealkylation sites (tertiary alicyclic amines) is 1. The standard InChI is InChI=1S/C20H23ClN2O/c1-15(18-6-2-3-7-19(18)21)22-14-16-8-10-17(11-9-16)20(24)23-12-4-5-13-23/h2-3,6-11,15,22H,4-5,12-14H2,1H3/t15-/m0/s1. The molecule has 1 fully saturated rings. The average molecular weight is 343 g/mol. The van der Waals surface area contributed by atoms with Gasteiger partial charge in [-0.15, -0.1) is 0 Å². The van der Waals surface area contributed by atoms with Gasteiger partial charge in [-0.05, 0) is 49.1 Å². The van der Waals surface area contributed by atoms with Crippen LogP contribution in [0.15, 0.2) is 48.5 Å². The molecular weight excluding hydrogens is 320 g/mol. The zero-order valence-corrected chi connectivity index (χ0v) is 14.7. The maximum Gasteiger partial charge on any atom is 0.253 e. The third-order valence-corrected chi connectivity index (χ3v) is 4.92. The molecule has 0 saturated carbocycles. The Morgan fingerprint density at radius 3 is 2.46 bits per heavy atom. The fraction of sp³-hybridized carbons (Fsp3) is 0.350. The summed E-state index contributed by atoms with van der Waals surface area (Å²) in [7, 11) is 0. The summed E-state index contributed by atoms with van der Waals surface area (Å²) < 4.78 is 0. The van der Waals surface area contributed by atoms with Crippen molar-refractivity contribution < 1.29 is 4.79 Å². The summed E-state index contributed by atoms with van der Waals surface area (Å²) in [5.41, 5.74) is 3.03. The SMILES string of the molecule is C[C@H](NCc1ccc(C(=O)N2CCCC2)cc1)c1ccccc1Cl. The van der Waals surface area contributed by atoms with Crippen LogP contribution in [0.2, 0.25) is 5.02 Å². The van der Waals surface area contributed by atoms with E-state index in [1.54, 1.807) is 0 Å². The minimum Gasteiger partial charge on any atom is -0.339 e. The van der Waals surface area contributed by atoms with Gasteiger partial charge in [0, 0.05) is 36.3 Å². The summed E-state index contributed by atoms with van der Waals surface area (Å²) in [6, 6.07) is 16.0. The van der Waals surface area contributed by atoms with Crippen LogP contribution >= 0.6 is 11.6 Å². The van der Waals surface area contributed by atoms with Crippen molar-refractivity contribution in [3.05, 3.63) is 70.2 Å². The molecule has 24 heavy (non-hydrogen) atoms. The van der Waals surface area contributed by atoms with Crippen molar-refractivity contribution in [1.29, 1.82) is 0 Å². The van der Waals surface area contributed by atoms with Gasteiger partial charge in [0.15, 0.2) is 0 Å². The normalized spacial score (nSPS) is 15.5. The number of rotatable bonds is 5. The minimum absolute atomic E-state index is 0.149. The van der Waals surface area contributed by atoms with E-state index in [0.29, 0.717) is 0 Å². The van der Waals surface area contributed by atoms with E-state index in [0.717, 1.165) is 54.2 Å². The van der Waals surface area contributed by atoms with Crippen LogP contribution in [0.5, 0.6) is 0 Å². The Hall–Kier alpha value is -1.84. The lowest BCUT2D eigenvalue weighted by Gasteiger charge is -2.17. The molecule has 1 atom stereocenters. The molecule has 1 amide bonds. The molecule has 1 aliphatic rings. The van der Waals surface area contributed by atoms with Gasteiger partial charge in [0.25, 0.3) is 5.91 Å². The lowest BCUT2D eigenvalue weighted by Crippen LogP contribution is -2.27. The van der Waals surface area contributed by atoms with Gasteiger partial charge in [0.05, 0.1) is 0 Å². The number of amides is 1. The predicted octanol–water partition coefficient (Wildman–Crippen LogP) is 4.43. The van der Waals surface area contributed by atoms with Crippen molar-refractivity contribution in [2.45, 2.75) is 32.4 Å². The summed E-state index contributed by atoms with van der Waals surface area (Å²) in [4.78, 5) is 14.3. The smallest absolute Gasteiger partial charge is 0.253 e. The van der Waals surface area contributed by atoms with Crippen LogP contribution in [0, 0.1) is 0 Å². The summed E-state index contributed by atoms with van der Waals surface area (Å²) in [6.07, 6.45) is 2.24. The number of nitrogens with zero attached hydrogens (tertiary/aromatic N) is 1. The third-order valence-electron chi connectivity index (χ3n) is 4.58. The van der Waals surface area contributed by atoms with Gasteiger partial charge in [-0.1, -0.05) is 41.9 Å². The van der Waals surface area contributed by atoms with Gasteiger partial charge in [-0.25, -0.2) is 0 Å². The van der Waals surface area contributed by atoms with E-state index < -0.39 is 0 Å². The first-order valence-corrected chi connectivity index (χ1v) is 8.89. The van der Waals surface area contributed by atoms with Crippen molar-refractivity contribution >= 4 is 17.5 Å². The second kappa shape index (κ2) is 7.82. The lowest BCUT2D eigenvalue weighted by atomic mass is 10.1. The highest BCUT2D eigenvalue weighted by Gasteiger charge is 2.19. The van der Waals surface area contributed by atoms with E-state index in [2.05, 4.69) is 12.2 Å². The first-order chi connectivity index (χ1) is 11.6. The van der Waals surface area contributed by atoms with Crippen LogP contribution in [0.25, 0.3) is 0 Å². The molecule has 0 spiro atoms. The molecule has 0 aliphatic carbocycles. The summed E-state index contributed by atoms with van der Waals surface area (Å²) >= 11 is 6.24. The summed E-state index contributed by atoms with van der Waals surface area (Å²) in [5.74, 6) is 0.149. The van der Waals surface area contributed by atoms with E-state index in [1.165, 1.54) is 0 Å². The molecule has 3 nitrogen and oxygen atoms in total. The monoisotopic (exact) mass is 342 g/mol. The second-order valence-corrected chi connectivity index (χ2v) is 6.73. The molecule has 4 heteroatoms. The Bertz CT molecular complexity index is 693. The zero-order chi connectivity index (χ0) is 16.9. The van der Waals surface area contributed by atoms with Gasteiger partial charge in [0.1, 0.15) is 0 Å². The number of hydrogen-bond donors (Lipinski definition) is 1. The van der Waals surface area contributed by atoms with Gasteiger partial charge < -0.3 is 10.2 Å². The predicted molar refractivity (Wildman–Crippen MR) is 98.3 cm³/mol. The van der Waals surface area contributed by atoms with Gasteiger partial charge >= 0.3 is 0 Å².